The second-order valence-electron chi connectivity index (χ2n) is 2.93. The van der Waals surface area contributed by atoms with Crippen molar-refractivity contribution in [1.82, 2.24) is 4.98 Å². The van der Waals surface area contributed by atoms with Crippen LogP contribution in [0.1, 0.15) is 5.69 Å². The topological polar surface area (TPSA) is 51.6 Å². The average Bonchev–Trinajstić information content (AvgIpc) is 2.20. The third-order valence-corrected chi connectivity index (χ3v) is 2.45. The molecule has 0 aliphatic rings. The molecule has 1 N–H and O–H groups in total. The highest BCUT2D eigenvalue weighted by atomic mass is 127. The second kappa shape index (κ2) is 6.97. The third-order valence-electron chi connectivity index (χ3n) is 1.67. The molecule has 0 spiro atoms. The lowest BCUT2D eigenvalue weighted by Gasteiger charge is -2.08. The van der Waals surface area contributed by atoms with Gasteiger partial charge >= 0.3 is 0 Å². The maximum absolute atomic E-state index is 8.48. The summed E-state index contributed by atoms with van der Waals surface area (Å²) in [6, 6.07) is 3.81. The summed E-state index contributed by atoms with van der Waals surface area (Å²) in [6.07, 6.45) is 0. The van der Waals surface area contributed by atoms with E-state index in [4.69, 9.17) is 14.6 Å². The minimum Gasteiger partial charge on any atom is -0.488 e. The van der Waals surface area contributed by atoms with Gasteiger partial charge in [-0.2, -0.15) is 0 Å². The van der Waals surface area contributed by atoms with Crippen LogP contribution in [0.15, 0.2) is 12.1 Å². The van der Waals surface area contributed by atoms with Gasteiger partial charge in [0.05, 0.1) is 19.8 Å². The normalized spacial score (nSPS) is 10.3. The zero-order valence-corrected chi connectivity index (χ0v) is 10.7. The van der Waals surface area contributed by atoms with E-state index in [1.807, 2.05) is 19.1 Å². The van der Waals surface area contributed by atoms with Crippen molar-refractivity contribution in [3.05, 3.63) is 21.5 Å². The Bertz CT molecular complexity index is 307. The lowest BCUT2D eigenvalue weighted by Crippen LogP contribution is -2.10. The summed E-state index contributed by atoms with van der Waals surface area (Å²) in [7, 11) is 0. The number of aromatic nitrogens is 1. The summed E-state index contributed by atoms with van der Waals surface area (Å²) in [5.74, 6) is 0.772. The maximum Gasteiger partial charge on any atom is 0.151 e. The molecule has 1 heterocycles. The Morgan fingerprint density at radius 3 is 2.80 bits per heavy atom. The molecule has 0 radical (unpaired) electrons. The zero-order chi connectivity index (χ0) is 11.1. The number of aryl methyl sites for hydroxylation is 1. The van der Waals surface area contributed by atoms with E-state index in [9.17, 15) is 0 Å². The van der Waals surface area contributed by atoms with Crippen LogP contribution < -0.4 is 4.74 Å². The van der Waals surface area contributed by atoms with Crippen LogP contribution in [-0.2, 0) is 4.74 Å². The number of aliphatic hydroxyl groups excluding tert-OH is 1. The number of rotatable bonds is 6. The fourth-order valence-corrected chi connectivity index (χ4v) is 1.71. The Morgan fingerprint density at radius 1 is 1.33 bits per heavy atom. The molecule has 1 aromatic rings. The Morgan fingerprint density at radius 2 is 2.13 bits per heavy atom. The lowest BCUT2D eigenvalue weighted by atomic mass is 10.4. The van der Waals surface area contributed by atoms with Crippen molar-refractivity contribution in [3.8, 4) is 5.75 Å². The van der Waals surface area contributed by atoms with Crippen LogP contribution >= 0.6 is 22.6 Å². The second-order valence-corrected chi connectivity index (χ2v) is 3.95. The van der Waals surface area contributed by atoms with Crippen molar-refractivity contribution in [2.24, 2.45) is 0 Å². The first-order chi connectivity index (χ1) is 7.24. The van der Waals surface area contributed by atoms with Crippen LogP contribution in [0.5, 0.6) is 5.75 Å². The monoisotopic (exact) mass is 323 g/mol. The summed E-state index contributed by atoms with van der Waals surface area (Å²) in [6.45, 7) is 3.29. The van der Waals surface area contributed by atoms with Crippen molar-refractivity contribution in [3.63, 3.8) is 0 Å². The predicted molar refractivity (Wildman–Crippen MR) is 65.1 cm³/mol. The van der Waals surface area contributed by atoms with Gasteiger partial charge in [-0.3, -0.25) is 0 Å². The molecule has 0 bridgehead atoms. The Hall–Kier alpha value is -0.400. The van der Waals surface area contributed by atoms with Gasteiger partial charge in [0, 0.05) is 5.69 Å². The summed E-state index contributed by atoms with van der Waals surface area (Å²) in [4.78, 5) is 4.27. The SMILES string of the molecule is Cc1ccc(OCCOCCO)c(I)n1. The highest BCUT2D eigenvalue weighted by Crippen LogP contribution is 2.18. The lowest BCUT2D eigenvalue weighted by molar-refractivity contribution is 0.0702. The number of aliphatic hydroxyl groups is 1. The predicted octanol–water partition coefficient (Wildman–Crippen LogP) is 1.38. The number of ether oxygens (including phenoxy) is 2. The Kier molecular flexibility index (Phi) is 5.89. The van der Waals surface area contributed by atoms with Crippen LogP contribution in [-0.4, -0.2) is 36.5 Å². The van der Waals surface area contributed by atoms with Gasteiger partial charge in [0.2, 0.25) is 0 Å². The number of nitrogens with zero attached hydrogens (tertiary/aromatic N) is 1. The van der Waals surface area contributed by atoms with Gasteiger partial charge in [-0.25, -0.2) is 4.98 Å². The smallest absolute Gasteiger partial charge is 0.151 e. The fourth-order valence-electron chi connectivity index (χ4n) is 0.997. The van der Waals surface area contributed by atoms with Gasteiger partial charge in [0.25, 0.3) is 0 Å². The molecule has 0 aromatic carbocycles. The molecule has 0 fully saturated rings. The minimum absolute atomic E-state index is 0.0453. The van der Waals surface area contributed by atoms with Crippen molar-refractivity contribution in [1.29, 1.82) is 0 Å². The zero-order valence-electron chi connectivity index (χ0n) is 8.57. The molecule has 0 unspecified atom stereocenters. The van der Waals surface area contributed by atoms with Crippen LogP contribution in [0, 0.1) is 10.6 Å². The van der Waals surface area contributed by atoms with E-state index in [1.54, 1.807) is 0 Å². The first-order valence-corrected chi connectivity index (χ1v) is 5.76. The average molecular weight is 323 g/mol. The molecule has 0 saturated carbocycles. The molecule has 1 aromatic heterocycles. The first kappa shape index (κ1) is 12.7. The summed E-state index contributed by atoms with van der Waals surface area (Å²) in [5.41, 5.74) is 0.975. The van der Waals surface area contributed by atoms with Crippen LogP contribution in [0.3, 0.4) is 0 Å². The summed E-state index contributed by atoms with van der Waals surface area (Å²) < 4.78 is 11.4. The van der Waals surface area contributed by atoms with E-state index in [2.05, 4.69) is 27.6 Å². The molecular weight excluding hydrogens is 309 g/mol. The molecule has 15 heavy (non-hydrogen) atoms. The number of halogens is 1. The van der Waals surface area contributed by atoms with Gasteiger partial charge in [0.15, 0.2) is 5.75 Å². The highest BCUT2D eigenvalue weighted by molar-refractivity contribution is 14.1. The largest absolute Gasteiger partial charge is 0.488 e. The number of hydrogen-bond donors (Lipinski definition) is 1. The molecule has 0 aliphatic carbocycles. The first-order valence-electron chi connectivity index (χ1n) is 4.68. The maximum atomic E-state index is 8.48. The fraction of sp³-hybridized carbons (Fsp3) is 0.500. The summed E-state index contributed by atoms with van der Waals surface area (Å²) in [5, 5.41) is 8.48. The molecule has 0 atom stereocenters. The van der Waals surface area contributed by atoms with Crippen LogP contribution in [0.25, 0.3) is 0 Å². The molecule has 0 amide bonds. The summed E-state index contributed by atoms with van der Waals surface area (Å²) >= 11 is 2.14. The van der Waals surface area contributed by atoms with Gasteiger partial charge < -0.3 is 14.6 Å². The Balaban J connectivity index is 2.31. The van der Waals surface area contributed by atoms with E-state index in [0.717, 1.165) is 15.1 Å². The number of pyridine rings is 1. The number of hydrogen-bond acceptors (Lipinski definition) is 4. The van der Waals surface area contributed by atoms with Gasteiger partial charge in [-0.15, -0.1) is 0 Å². The van der Waals surface area contributed by atoms with Crippen molar-refractivity contribution < 1.29 is 14.6 Å². The molecule has 1 rings (SSSR count). The third kappa shape index (κ3) is 4.76. The van der Waals surface area contributed by atoms with E-state index in [0.29, 0.717) is 19.8 Å². The van der Waals surface area contributed by atoms with Gasteiger partial charge in [0.1, 0.15) is 10.3 Å². The molecule has 84 valence electrons. The van der Waals surface area contributed by atoms with Crippen molar-refractivity contribution in [2.75, 3.05) is 26.4 Å². The van der Waals surface area contributed by atoms with E-state index < -0.39 is 0 Å². The van der Waals surface area contributed by atoms with E-state index in [-0.39, 0.29) is 6.61 Å². The van der Waals surface area contributed by atoms with Gasteiger partial charge in [-0.05, 0) is 41.6 Å². The van der Waals surface area contributed by atoms with Crippen molar-refractivity contribution >= 4 is 22.6 Å². The molecule has 4 nitrogen and oxygen atoms in total. The highest BCUT2D eigenvalue weighted by Gasteiger charge is 2.01. The molecule has 0 saturated heterocycles. The molecule has 0 aliphatic heterocycles. The minimum atomic E-state index is 0.0453. The standard InChI is InChI=1S/C10H14INO3/c1-8-2-3-9(10(11)12-8)15-7-6-14-5-4-13/h2-3,13H,4-7H2,1H3. The Labute approximate surface area is 103 Å². The van der Waals surface area contributed by atoms with E-state index >= 15 is 0 Å². The van der Waals surface area contributed by atoms with Crippen molar-refractivity contribution in [2.45, 2.75) is 6.92 Å². The molecule has 5 heteroatoms. The van der Waals surface area contributed by atoms with Crippen LogP contribution in [0.4, 0.5) is 0 Å². The van der Waals surface area contributed by atoms with E-state index in [1.165, 1.54) is 0 Å². The molecular formula is C10H14INO3. The van der Waals surface area contributed by atoms with Crippen LogP contribution in [0.2, 0.25) is 0 Å². The van der Waals surface area contributed by atoms with Gasteiger partial charge in [-0.1, -0.05) is 0 Å². The quantitative estimate of drug-likeness (QED) is 0.488.